The Balaban J connectivity index is 1.11. The van der Waals surface area contributed by atoms with Crippen molar-refractivity contribution in [1.82, 2.24) is 4.98 Å². The minimum Gasteiger partial charge on any atom is -0.436 e. The fourth-order valence-corrected chi connectivity index (χ4v) is 6.14. The van der Waals surface area contributed by atoms with Gasteiger partial charge in [-0.15, -0.1) is 0 Å². The van der Waals surface area contributed by atoms with Gasteiger partial charge in [0.2, 0.25) is 5.89 Å². The monoisotopic (exact) mass is 625 g/mol. The van der Waals surface area contributed by atoms with Crippen LogP contribution in [0.2, 0.25) is 0 Å². The van der Waals surface area contributed by atoms with Gasteiger partial charge in [0, 0.05) is 11.1 Å². The molecule has 0 saturated heterocycles. The Hall–Kier alpha value is -7.01. The molecule has 1 aromatic heterocycles. The zero-order valence-electron chi connectivity index (χ0n) is 26.3. The first-order valence-corrected chi connectivity index (χ1v) is 15.9. The van der Waals surface area contributed by atoms with Crippen LogP contribution in [0.3, 0.4) is 0 Å². The summed E-state index contributed by atoms with van der Waals surface area (Å²) in [6.45, 7) is 7.21. The summed E-state index contributed by atoms with van der Waals surface area (Å²) in [5.74, 6) is 0.574. The van der Waals surface area contributed by atoms with E-state index in [0.717, 1.165) is 72.3 Å². The summed E-state index contributed by atoms with van der Waals surface area (Å²) in [4.78, 5) is 8.51. The average Bonchev–Trinajstić information content (AvgIpc) is 3.63. The fourth-order valence-electron chi connectivity index (χ4n) is 6.14. The van der Waals surface area contributed by atoms with Gasteiger partial charge in [0.1, 0.15) is 5.52 Å². The molecule has 7 aromatic carbocycles. The molecule has 0 bridgehead atoms. The molecule has 0 aliphatic carbocycles. The second-order valence-electron chi connectivity index (χ2n) is 11.8. The van der Waals surface area contributed by atoms with E-state index in [1.807, 2.05) is 66.7 Å². The van der Waals surface area contributed by atoms with E-state index < -0.39 is 0 Å². The number of nitriles is 1. The molecule has 1 heterocycles. The molecule has 0 N–H and O–H groups in total. The summed E-state index contributed by atoms with van der Waals surface area (Å²) in [7, 11) is 0. The largest absolute Gasteiger partial charge is 0.436 e. The SMILES string of the molecule is [C-]#[N+]c1ccc(-c2ccc(-c3cc(-c4ccccc4)c4nc(-c5ccc(-c6ccc(-c7ccc(C#N)cc7)cc6)cc5)oc4c3)cc2)cc1. The van der Waals surface area contributed by atoms with E-state index in [1.54, 1.807) is 0 Å². The molecule has 0 saturated carbocycles. The highest BCUT2D eigenvalue weighted by Gasteiger charge is 2.16. The fraction of sp³-hybridized carbons (Fsp3) is 0. The lowest BCUT2D eigenvalue weighted by atomic mass is 9.96. The molecule has 4 heteroatoms. The highest BCUT2D eigenvalue weighted by atomic mass is 16.3. The van der Waals surface area contributed by atoms with Crippen molar-refractivity contribution in [1.29, 1.82) is 5.26 Å². The molecular weight excluding hydrogens is 599 g/mol. The number of oxazole rings is 1. The molecule has 0 atom stereocenters. The van der Waals surface area contributed by atoms with E-state index >= 15 is 0 Å². The molecule has 0 spiro atoms. The van der Waals surface area contributed by atoms with Gasteiger partial charge in [-0.05, 0) is 86.5 Å². The topological polar surface area (TPSA) is 54.2 Å². The second-order valence-corrected chi connectivity index (χ2v) is 11.8. The molecule has 0 fully saturated rings. The molecule has 0 aliphatic heterocycles. The molecule has 0 unspecified atom stereocenters. The summed E-state index contributed by atoms with van der Waals surface area (Å²) in [5, 5.41) is 9.09. The third-order valence-corrected chi connectivity index (χ3v) is 8.83. The van der Waals surface area contributed by atoms with E-state index in [1.165, 1.54) is 0 Å². The first-order chi connectivity index (χ1) is 24.1. The average molecular weight is 626 g/mol. The standard InChI is InChI=1S/C45H27N3O/c1-47-41-25-23-36(24-26-41)34-15-17-37(18-16-34)40-27-42(38-5-3-2-4-6-38)44-43(28-40)49-45(48-44)39-21-19-35(20-22-39)33-13-11-32(12-14-33)31-9-7-30(29-46)8-10-31/h2-28H. The van der Waals surface area contributed by atoms with Gasteiger partial charge >= 0.3 is 0 Å². The highest BCUT2D eigenvalue weighted by molar-refractivity contribution is 5.96. The molecule has 8 aromatic rings. The quantitative estimate of drug-likeness (QED) is 0.173. The van der Waals surface area contributed by atoms with Gasteiger partial charge in [0.25, 0.3) is 0 Å². The van der Waals surface area contributed by atoms with Crippen LogP contribution in [0.15, 0.2) is 168 Å². The summed E-state index contributed by atoms with van der Waals surface area (Å²) in [6.07, 6.45) is 0. The zero-order valence-corrected chi connectivity index (χ0v) is 26.3. The lowest BCUT2D eigenvalue weighted by molar-refractivity contribution is 0.620. The van der Waals surface area contributed by atoms with E-state index in [-0.39, 0.29) is 0 Å². The molecule has 4 nitrogen and oxygen atoms in total. The van der Waals surface area contributed by atoms with Crippen molar-refractivity contribution in [3.05, 3.63) is 181 Å². The molecule has 228 valence electrons. The number of benzene rings is 7. The van der Waals surface area contributed by atoms with Crippen LogP contribution in [-0.4, -0.2) is 4.98 Å². The molecule has 0 aliphatic rings. The number of nitrogens with zero attached hydrogens (tertiary/aromatic N) is 3. The predicted molar refractivity (Wildman–Crippen MR) is 198 cm³/mol. The summed E-state index contributed by atoms with van der Waals surface area (Å²) in [6, 6.07) is 57.3. The van der Waals surface area contributed by atoms with Crippen LogP contribution in [0.1, 0.15) is 5.56 Å². The van der Waals surface area contributed by atoms with Crippen LogP contribution in [0.5, 0.6) is 0 Å². The Morgan fingerprint density at radius 2 is 0.939 bits per heavy atom. The second kappa shape index (κ2) is 12.6. The number of hydrogen-bond donors (Lipinski definition) is 0. The number of hydrogen-bond acceptors (Lipinski definition) is 3. The summed E-state index contributed by atoms with van der Waals surface area (Å²) in [5.41, 5.74) is 14.5. The summed E-state index contributed by atoms with van der Waals surface area (Å²) < 4.78 is 6.46. The normalized spacial score (nSPS) is 10.8. The lowest BCUT2D eigenvalue weighted by Gasteiger charge is -2.08. The molecule has 49 heavy (non-hydrogen) atoms. The minimum absolute atomic E-state index is 0.574. The van der Waals surface area contributed by atoms with Gasteiger partial charge in [-0.2, -0.15) is 5.26 Å². The minimum atomic E-state index is 0.574. The highest BCUT2D eigenvalue weighted by Crippen LogP contribution is 2.37. The van der Waals surface area contributed by atoms with Crippen LogP contribution in [0.25, 0.3) is 83.0 Å². The van der Waals surface area contributed by atoms with Crippen molar-refractivity contribution in [3.8, 4) is 73.2 Å². The van der Waals surface area contributed by atoms with E-state index in [9.17, 15) is 0 Å². The van der Waals surface area contributed by atoms with Gasteiger partial charge in [0.05, 0.1) is 18.2 Å². The van der Waals surface area contributed by atoms with Crippen molar-refractivity contribution in [2.75, 3.05) is 0 Å². The van der Waals surface area contributed by atoms with Crippen molar-refractivity contribution in [2.24, 2.45) is 0 Å². The smallest absolute Gasteiger partial charge is 0.227 e. The number of fused-ring (bicyclic) bond motifs is 1. The van der Waals surface area contributed by atoms with Gasteiger partial charge in [-0.25, -0.2) is 9.83 Å². The maximum Gasteiger partial charge on any atom is 0.227 e. The number of rotatable bonds is 6. The first kappa shape index (κ1) is 29.4. The maximum atomic E-state index is 9.09. The third-order valence-electron chi connectivity index (χ3n) is 8.83. The molecule has 0 radical (unpaired) electrons. The Kier molecular flexibility index (Phi) is 7.59. The molecular formula is C45H27N3O. The van der Waals surface area contributed by atoms with Gasteiger partial charge in [-0.1, -0.05) is 127 Å². The van der Waals surface area contributed by atoms with Crippen molar-refractivity contribution in [3.63, 3.8) is 0 Å². The van der Waals surface area contributed by atoms with Crippen molar-refractivity contribution < 1.29 is 4.42 Å². The van der Waals surface area contributed by atoms with Crippen LogP contribution < -0.4 is 0 Å². The predicted octanol–water partition coefficient (Wildman–Crippen LogP) is 12.3. The van der Waals surface area contributed by atoms with Crippen molar-refractivity contribution >= 4 is 16.8 Å². The molecule has 0 amide bonds. The van der Waals surface area contributed by atoms with Crippen LogP contribution in [0.4, 0.5) is 5.69 Å². The van der Waals surface area contributed by atoms with Crippen LogP contribution in [0, 0.1) is 17.9 Å². The maximum absolute atomic E-state index is 9.09. The van der Waals surface area contributed by atoms with E-state index in [2.05, 4.69) is 108 Å². The van der Waals surface area contributed by atoms with E-state index in [4.69, 9.17) is 21.2 Å². The van der Waals surface area contributed by atoms with Crippen LogP contribution >= 0.6 is 0 Å². The third kappa shape index (κ3) is 5.87. The Morgan fingerprint density at radius 1 is 0.490 bits per heavy atom. The van der Waals surface area contributed by atoms with Gasteiger partial charge in [0.15, 0.2) is 11.3 Å². The first-order valence-electron chi connectivity index (χ1n) is 15.9. The Morgan fingerprint density at radius 3 is 1.43 bits per heavy atom. The molecule has 8 rings (SSSR count). The lowest BCUT2D eigenvalue weighted by Crippen LogP contribution is -1.85. The van der Waals surface area contributed by atoms with Gasteiger partial charge in [-0.3, -0.25) is 0 Å². The van der Waals surface area contributed by atoms with Gasteiger partial charge < -0.3 is 4.42 Å². The van der Waals surface area contributed by atoms with E-state index in [0.29, 0.717) is 17.1 Å². The summed E-state index contributed by atoms with van der Waals surface area (Å²) >= 11 is 0. The zero-order chi connectivity index (χ0) is 33.2. The number of aromatic nitrogens is 1. The Labute approximate surface area is 284 Å². The van der Waals surface area contributed by atoms with Crippen LogP contribution in [-0.2, 0) is 0 Å². The van der Waals surface area contributed by atoms with Crippen molar-refractivity contribution in [2.45, 2.75) is 0 Å². The Bertz CT molecular complexity index is 2500.